The van der Waals surface area contributed by atoms with Crippen molar-refractivity contribution in [1.82, 2.24) is 0 Å². The molecule has 188 valence electrons. The van der Waals surface area contributed by atoms with E-state index < -0.39 is 104 Å². The van der Waals surface area contributed by atoms with E-state index in [0.29, 0.717) is 0 Å². The number of carbonyl (C=O) groups is 4. The number of rotatable bonds is 8. The molecule has 0 spiro atoms. The maximum absolute atomic E-state index is 14.4. The summed E-state index contributed by atoms with van der Waals surface area (Å²) in [4.78, 5) is 44.3. The summed E-state index contributed by atoms with van der Waals surface area (Å²) in [5, 5.41) is 18.5. The Morgan fingerprint density at radius 2 is 1.15 bits per heavy atom. The van der Waals surface area contributed by atoms with Crippen molar-refractivity contribution < 1.29 is 65.2 Å². The van der Waals surface area contributed by atoms with Gasteiger partial charge in [0.1, 0.15) is 12.2 Å². The lowest BCUT2D eigenvalue weighted by molar-refractivity contribution is -0.384. The van der Waals surface area contributed by atoms with Gasteiger partial charge >= 0.3 is 24.3 Å². The van der Waals surface area contributed by atoms with Crippen LogP contribution in [-0.2, 0) is 28.7 Å². The molecule has 0 aromatic rings. The number of carboxylic acid groups (broad SMARTS) is 2. The predicted octanol–water partition coefficient (Wildman–Crippen LogP) is 3.18. The number of carboxylic acids is 2. The highest BCUT2D eigenvalue weighted by Crippen LogP contribution is 2.65. The molecule has 2 saturated carbocycles. The third-order valence-corrected chi connectivity index (χ3v) is 6.90. The highest BCUT2D eigenvalue weighted by Gasteiger charge is 2.77. The molecule has 0 radical (unpaired) electrons. The number of ether oxygens (including phenoxy) is 2. The third kappa shape index (κ3) is 4.88. The van der Waals surface area contributed by atoms with Crippen molar-refractivity contribution in [2.45, 2.75) is 63.1 Å². The molecule has 2 rings (SSSR count). The maximum atomic E-state index is 14.4. The van der Waals surface area contributed by atoms with Crippen molar-refractivity contribution in [3.63, 3.8) is 0 Å². The van der Waals surface area contributed by atoms with Crippen LogP contribution in [0.1, 0.15) is 38.5 Å². The summed E-state index contributed by atoms with van der Waals surface area (Å²) in [7, 11) is 0. The van der Waals surface area contributed by atoms with Gasteiger partial charge in [-0.3, -0.25) is 19.2 Å². The second-order valence-corrected chi connectivity index (χ2v) is 8.32. The Morgan fingerprint density at radius 3 is 1.61 bits per heavy atom. The number of carbonyl (C=O) groups excluding carboxylic acids is 2. The summed E-state index contributed by atoms with van der Waals surface area (Å²) in [6.45, 7) is -0.229. The first-order valence-electron chi connectivity index (χ1n) is 9.99. The monoisotopic (exact) mass is 492 g/mol. The normalized spacial score (nSPS) is 31.3. The van der Waals surface area contributed by atoms with E-state index in [9.17, 15) is 55.7 Å². The average molecular weight is 492 g/mol. The van der Waals surface area contributed by atoms with E-state index in [1.807, 2.05) is 0 Å². The van der Waals surface area contributed by atoms with Crippen LogP contribution in [0.2, 0.25) is 0 Å². The van der Waals surface area contributed by atoms with Crippen molar-refractivity contribution in [2.24, 2.45) is 29.1 Å². The minimum atomic E-state index is -5.89. The molecule has 14 heteroatoms. The number of aliphatic carboxylic acids is 2. The zero-order chi connectivity index (χ0) is 25.2. The molecule has 2 fully saturated rings. The second kappa shape index (κ2) is 9.75. The fourth-order valence-electron chi connectivity index (χ4n) is 5.53. The Hall–Kier alpha value is -2.54. The molecule has 6 atom stereocenters. The lowest BCUT2D eigenvalue weighted by Gasteiger charge is -2.52. The first kappa shape index (κ1) is 26.7. The fraction of sp³-hybridized carbons (Fsp3) is 0.789. The van der Waals surface area contributed by atoms with E-state index in [1.54, 1.807) is 0 Å². The molecule has 0 amide bonds. The summed E-state index contributed by atoms with van der Waals surface area (Å²) in [5.74, 6) is -11.4. The smallest absolute Gasteiger partial charge is 0.403 e. The minimum Gasteiger partial charge on any atom is -0.481 e. The summed E-state index contributed by atoms with van der Waals surface area (Å²) >= 11 is 0. The van der Waals surface area contributed by atoms with Crippen LogP contribution in [0, 0.1) is 29.1 Å². The number of hydrogen-bond donors (Lipinski definition) is 2. The van der Waals surface area contributed by atoms with Crippen molar-refractivity contribution in [1.29, 1.82) is 0 Å². The quantitative estimate of drug-likeness (QED) is 0.391. The van der Waals surface area contributed by atoms with Gasteiger partial charge in [0, 0.05) is 0 Å². The van der Waals surface area contributed by atoms with Gasteiger partial charge in [-0.2, -0.15) is 26.3 Å². The molecule has 0 heterocycles. The molecule has 0 aromatic heterocycles. The van der Waals surface area contributed by atoms with E-state index in [4.69, 9.17) is 0 Å². The van der Waals surface area contributed by atoms with Crippen LogP contribution in [0.5, 0.6) is 0 Å². The highest BCUT2D eigenvalue weighted by molar-refractivity contribution is 5.80. The molecule has 8 nitrogen and oxygen atoms in total. The Bertz CT molecular complexity index is 738. The SMILES string of the molecule is O=COC1CCC(C(C2CCC(C(=O)O)C(C(=O)O)C2)(C(F)(F)F)C(F)(F)F)CC1OC=O. The third-order valence-electron chi connectivity index (χ3n) is 6.90. The second-order valence-electron chi connectivity index (χ2n) is 8.32. The van der Waals surface area contributed by atoms with Gasteiger partial charge in [-0.1, -0.05) is 0 Å². The maximum Gasteiger partial charge on any atom is 0.403 e. The largest absolute Gasteiger partial charge is 0.481 e. The van der Waals surface area contributed by atoms with Crippen LogP contribution < -0.4 is 0 Å². The number of hydrogen-bond acceptors (Lipinski definition) is 6. The van der Waals surface area contributed by atoms with Crippen molar-refractivity contribution >= 4 is 24.9 Å². The predicted molar refractivity (Wildman–Crippen MR) is 93.4 cm³/mol. The topological polar surface area (TPSA) is 127 Å². The van der Waals surface area contributed by atoms with Crippen molar-refractivity contribution in [2.75, 3.05) is 0 Å². The van der Waals surface area contributed by atoms with Gasteiger partial charge in [-0.25, -0.2) is 0 Å². The van der Waals surface area contributed by atoms with Crippen LogP contribution >= 0.6 is 0 Å². The summed E-state index contributed by atoms with van der Waals surface area (Å²) in [6, 6.07) is 0. The molecular weight excluding hydrogens is 470 g/mol. The average Bonchev–Trinajstić information content (AvgIpc) is 2.68. The molecule has 2 N–H and O–H groups in total. The van der Waals surface area contributed by atoms with Crippen LogP contribution in [0.4, 0.5) is 26.3 Å². The van der Waals surface area contributed by atoms with Crippen LogP contribution in [0.15, 0.2) is 0 Å². The van der Waals surface area contributed by atoms with Crippen LogP contribution in [-0.4, -0.2) is 59.7 Å². The lowest BCUT2D eigenvalue weighted by Crippen LogP contribution is -2.62. The molecule has 6 unspecified atom stereocenters. The first-order chi connectivity index (χ1) is 15.2. The van der Waals surface area contributed by atoms with Crippen LogP contribution in [0.3, 0.4) is 0 Å². The molecular formula is C19H22F6O8. The van der Waals surface area contributed by atoms with Crippen molar-refractivity contribution in [3.05, 3.63) is 0 Å². The minimum absolute atomic E-state index is 0.0580. The number of alkyl halides is 6. The van der Waals surface area contributed by atoms with Gasteiger partial charge in [-0.05, 0) is 50.4 Å². The van der Waals surface area contributed by atoms with Gasteiger partial charge in [0.2, 0.25) is 0 Å². The molecule has 2 aliphatic carbocycles. The molecule has 0 aliphatic heterocycles. The molecule has 2 aliphatic rings. The zero-order valence-corrected chi connectivity index (χ0v) is 17.0. The van der Waals surface area contributed by atoms with Crippen molar-refractivity contribution in [3.8, 4) is 0 Å². The Morgan fingerprint density at radius 1 is 0.697 bits per heavy atom. The molecule has 33 heavy (non-hydrogen) atoms. The summed E-state index contributed by atoms with van der Waals surface area (Å²) in [5.41, 5.74) is -4.38. The van der Waals surface area contributed by atoms with Gasteiger partial charge in [-0.15, -0.1) is 0 Å². The molecule has 0 saturated heterocycles. The zero-order valence-electron chi connectivity index (χ0n) is 17.0. The Kier molecular flexibility index (Phi) is 7.90. The van der Waals surface area contributed by atoms with Crippen LogP contribution in [0.25, 0.3) is 0 Å². The Labute approximate surface area is 183 Å². The van der Waals surface area contributed by atoms with E-state index in [-0.39, 0.29) is 12.9 Å². The fourth-order valence-corrected chi connectivity index (χ4v) is 5.53. The first-order valence-corrected chi connectivity index (χ1v) is 9.99. The Balaban J connectivity index is 2.57. The van der Waals surface area contributed by atoms with E-state index in [2.05, 4.69) is 9.47 Å². The lowest BCUT2D eigenvalue weighted by atomic mass is 9.55. The summed E-state index contributed by atoms with van der Waals surface area (Å²) in [6.07, 6.45) is -19.3. The van der Waals surface area contributed by atoms with E-state index in [1.165, 1.54) is 0 Å². The van der Waals surface area contributed by atoms with Gasteiger partial charge in [0.15, 0.2) is 5.41 Å². The molecule has 0 aromatic carbocycles. The summed E-state index contributed by atoms with van der Waals surface area (Å²) < 4.78 is 95.7. The van der Waals surface area contributed by atoms with Gasteiger partial charge in [0.05, 0.1) is 11.8 Å². The van der Waals surface area contributed by atoms with Gasteiger partial charge in [0.25, 0.3) is 12.9 Å². The van der Waals surface area contributed by atoms with Gasteiger partial charge < -0.3 is 19.7 Å². The van der Waals surface area contributed by atoms with E-state index >= 15 is 0 Å². The van der Waals surface area contributed by atoms with E-state index in [0.717, 1.165) is 0 Å². The highest BCUT2D eigenvalue weighted by atomic mass is 19.4. The number of halogens is 6. The molecule has 0 bridgehead atoms. The standard InChI is InChI=1S/C19H22F6O8/c20-18(21,22)17(19(23,24)25,9-1-3-11(15(28)29)12(5-9)16(30)31)10-2-4-13(32-7-26)14(6-10)33-8-27/h7-14H,1-6H2,(H,28,29)(H,30,31).